The first kappa shape index (κ1) is 23.4. The molecule has 0 spiro atoms. The third-order valence-electron chi connectivity index (χ3n) is 6.17. The van der Waals surface area contributed by atoms with Gasteiger partial charge in [-0.15, -0.1) is 0 Å². The first-order valence-corrected chi connectivity index (χ1v) is 11.5. The van der Waals surface area contributed by atoms with Gasteiger partial charge in [-0.2, -0.15) is 0 Å². The van der Waals surface area contributed by atoms with Crippen molar-refractivity contribution in [3.8, 4) is 5.75 Å². The summed E-state index contributed by atoms with van der Waals surface area (Å²) in [7, 11) is 0. The lowest BCUT2D eigenvalue weighted by molar-refractivity contribution is -0.0278. The number of aliphatic hydroxyl groups is 1. The molecule has 170 valence electrons. The maximum atomic E-state index is 12.4. The minimum atomic E-state index is -0.749. The van der Waals surface area contributed by atoms with E-state index in [1.165, 1.54) is 0 Å². The van der Waals surface area contributed by atoms with E-state index < -0.39 is 5.60 Å². The number of aromatic amines is 1. The van der Waals surface area contributed by atoms with Crippen LogP contribution in [0.4, 0.5) is 0 Å². The first-order valence-electron chi connectivity index (χ1n) is 11.5. The van der Waals surface area contributed by atoms with Gasteiger partial charge in [0.15, 0.2) is 11.4 Å². The van der Waals surface area contributed by atoms with Gasteiger partial charge in [0, 0.05) is 30.9 Å². The van der Waals surface area contributed by atoms with E-state index in [2.05, 4.69) is 16.8 Å². The van der Waals surface area contributed by atoms with Gasteiger partial charge in [-0.05, 0) is 45.1 Å². The number of carbonyl (C=O) groups excluding carboxylic acids is 1. The Kier molecular flexibility index (Phi) is 8.15. The van der Waals surface area contributed by atoms with E-state index in [0.717, 1.165) is 55.7 Å². The Morgan fingerprint density at radius 1 is 1.19 bits per heavy atom. The molecule has 2 aromatic rings. The lowest BCUT2D eigenvalue weighted by Gasteiger charge is -2.38. The van der Waals surface area contributed by atoms with Crippen LogP contribution in [0.3, 0.4) is 0 Å². The van der Waals surface area contributed by atoms with Crippen molar-refractivity contribution >= 4 is 5.97 Å². The van der Waals surface area contributed by atoms with Gasteiger partial charge >= 0.3 is 5.97 Å². The summed E-state index contributed by atoms with van der Waals surface area (Å²) in [5.41, 5.74) is 2.70. The number of likely N-dealkylation sites (tertiary alicyclic amines) is 1. The zero-order valence-corrected chi connectivity index (χ0v) is 19.1. The van der Waals surface area contributed by atoms with Crippen LogP contribution in [-0.2, 0) is 16.8 Å². The third kappa shape index (κ3) is 5.69. The molecule has 3 rings (SSSR count). The molecule has 1 saturated heterocycles. The second-order valence-corrected chi connectivity index (χ2v) is 8.34. The summed E-state index contributed by atoms with van der Waals surface area (Å²) >= 11 is 0. The number of carbonyl (C=O) groups is 1. The standard InChI is InChI=1S/C25H36N2O4/c1-4-6-12-21-19(3)26-22(24(28)30-5-2)23(21)31-18-17-27-15-13-25(29,14-16-27)20-10-8-7-9-11-20/h7-11,26,29H,4-6,12-18H2,1-3H3. The molecule has 0 radical (unpaired) electrons. The topological polar surface area (TPSA) is 74.8 Å². The van der Waals surface area contributed by atoms with E-state index in [1.807, 2.05) is 37.3 Å². The van der Waals surface area contributed by atoms with E-state index in [4.69, 9.17) is 9.47 Å². The lowest BCUT2D eigenvalue weighted by Crippen LogP contribution is -2.43. The van der Waals surface area contributed by atoms with E-state index in [-0.39, 0.29) is 5.97 Å². The number of aromatic nitrogens is 1. The molecule has 31 heavy (non-hydrogen) atoms. The molecule has 1 aliphatic heterocycles. The molecule has 0 amide bonds. The Morgan fingerprint density at radius 2 is 1.90 bits per heavy atom. The highest BCUT2D eigenvalue weighted by atomic mass is 16.5. The normalized spacial score (nSPS) is 16.3. The van der Waals surface area contributed by atoms with E-state index >= 15 is 0 Å². The Bertz CT molecular complexity index is 839. The highest BCUT2D eigenvalue weighted by Gasteiger charge is 2.33. The van der Waals surface area contributed by atoms with Crippen LogP contribution in [0.15, 0.2) is 30.3 Å². The fourth-order valence-electron chi connectivity index (χ4n) is 4.26. The van der Waals surface area contributed by atoms with Gasteiger partial charge in [0.05, 0.1) is 12.2 Å². The molecule has 6 heteroatoms. The number of rotatable bonds is 10. The summed E-state index contributed by atoms with van der Waals surface area (Å²) in [4.78, 5) is 17.9. The van der Waals surface area contributed by atoms with E-state index in [1.54, 1.807) is 6.92 Å². The summed E-state index contributed by atoms with van der Waals surface area (Å²) in [5.74, 6) is 0.274. The molecule has 2 N–H and O–H groups in total. The monoisotopic (exact) mass is 428 g/mol. The van der Waals surface area contributed by atoms with Gasteiger partial charge in [0.2, 0.25) is 0 Å². The molecule has 6 nitrogen and oxygen atoms in total. The Labute approximate surface area is 185 Å². The molecular weight excluding hydrogens is 392 g/mol. The van der Waals surface area contributed by atoms with Crippen LogP contribution < -0.4 is 4.74 Å². The smallest absolute Gasteiger partial charge is 0.358 e. The fourth-order valence-corrected chi connectivity index (χ4v) is 4.26. The number of hydrogen-bond donors (Lipinski definition) is 2. The van der Waals surface area contributed by atoms with Crippen molar-refractivity contribution in [3.63, 3.8) is 0 Å². The highest BCUT2D eigenvalue weighted by Crippen LogP contribution is 2.33. The van der Waals surface area contributed by atoms with Crippen LogP contribution in [0.5, 0.6) is 5.75 Å². The maximum absolute atomic E-state index is 12.4. The fraction of sp³-hybridized carbons (Fsp3) is 0.560. The molecule has 1 aromatic heterocycles. The van der Waals surface area contributed by atoms with E-state index in [9.17, 15) is 9.90 Å². The maximum Gasteiger partial charge on any atom is 0.358 e. The average Bonchev–Trinajstić information content (AvgIpc) is 3.10. The van der Waals surface area contributed by atoms with Gasteiger partial charge in [0.1, 0.15) is 6.61 Å². The van der Waals surface area contributed by atoms with Crippen molar-refractivity contribution in [2.45, 2.75) is 58.5 Å². The third-order valence-corrected chi connectivity index (χ3v) is 6.17. The van der Waals surface area contributed by atoms with Crippen LogP contribution in [-0.4, -0.2) is 53.8 Å². The molecule has 0 atom stereocenters. The van der Waals surface area contributed by atoms with Crippen LogP contribution in [0.2, 0.25) is 0 Å². The second-order valence-electron chi connectivity index (χ2n) is 8.34. The zero-order valence-electron chi connectivity index (χ0n) is 19.1. The highest BCUT2D eigenvalue weighted by molar-refractivity contribution is 5.91. The lowest BCUT2D eigenvalue weighted by atomic mass is 9.84. The molecule has 1 fully saturated rings. The largest absolute Gasteiger partial charge is 0.489 e. The Balaban J connectivity index is 1.59. The Hall–Kier alpha value is -2.31. The van der Waals surface area contributed by atoms with Crippen molar-refractivity contribution in [1.29, 1.82) is 0 Å². The number of esters is 1. The number of hydrogen-bond acceptors (Lipinski definition) is 5. The van der Waals surface area contributed by atoms with Crippen molar-refractivity contribution in [2.24, 2.45) is 0 Å². The molecule has 0 bridgehead atoms. The average molecular weight is 429 g/mol. The minimum absolute atomic E-state index is 0.332. The van der Waals surface area contributed by atoms with Crippen LogP contribution in [0, 0.1) is 6.92 Å². The van der Waals surface area contributed by atoms with Gasteiger partial charge in [-0.25, -0.2) is 4.79 Å². The number of aryl methyl sites for hydroxylation is 1. The number of benzene rings is 1. The van der Waals surface area contributed by atoms with Gasteiger partial charge in [-0.3, -0.25) is 4.90 Å². The molecule has 2 heterocycles. The number of ether oxygens (including phenoxy) is 2. The summed E-state index contributed by atoms with van der Waals surface area (Å²) in [6.45, 7) is 9.15. The van der Waals surface area contributed by atoms with Crippen molar-refractivity contribution < 1.29 is 19.4 Å². The summed E-state index contributed by atoms with van der Waals surface area (Å²) in [6.07, 6.45) is 4.41. The van der Waals surface area contributed by atoms with Crippen molar-refractivity contribution in [2.75, 3.05) is 32.8 Å². The SMILES string of the molecule is CCCCc1c(C)[nH]c(C(=O)OCC)c1OCCN1CCC(O)(c2ccccc2)CC1. The second kappa shape index (κ2) is 10.8. The molecule has 0 unspecified atom stereocenters. The van der Waals surface area contributed by atoms with Crippen molar-refractivity contribution in [1.82, 2.24) is 9.88 Å². The number of nitrogens with zero attached hydrogens (tertiary/aromatic N) is 1. The molecule has 0 aliphatic carbocycles. The predicted octanol–water partition coefficient (Wildman–Crippen LogP) is 4.20. The minimum Gasteiger partial charge on any atom is -0.489 e. The summed E-state index contributed by atoms with van der Waals surface area (Å²) in [6, 6.07) is 9.93. The van der Waals surface area contributed by atoms with E-state index in [0.29, 0.717) is 37.5 Å². The molecular formula is C25H36N2O4. The number of unbranched alkanes of at least 4 members (excludes halogenated alkanes) is 1. The van der Waals surface area contributed by atoms with Crippen LogP contribution in [0.1, 0.15) is 66.8 Å². The molecule has 1 aromatic carbocycles. The first-order chi connectivity index (χ1) is 15.0. The summed E-state index contributed by atoms with van der Waals surface area (Å²) in [5, 5.41) is 11.0. The quantitative estimate of drug-likeness (QED) is 0.555. The van der Waals surface area contributed by atoms with Gasteiger partial charge in [0.25, 0.3) is 0 Å². The van der Waals surface area contributed by atoms with Crippen LogP contribution in [0.25, 0.3) is 0 Å². The molecule has 1 aliphatic rings. The number of nitrogens with one attached hydrogen (secondary N) is 1. The summed E-state index contributed by atoms with van der Waals surface area (Å²) < 4.78 is 11.4. The Morgan fingerprint density at radius 3 is 2.55 bits per heavy atom. The van der Waals surface area contributed by atoms with Crippen molar-refractivity contribution in [3.05, 3.63) is 52.8 Å². The van der Waals surface area contributed by atoms with Gasteiger partial charge < -0.3 is 19.6 Å². The van der Waals surface area contributed by atoms with Gasteiger partial charge in [-0.1, -0.05) is 43.7 Å². The zero-order chi connectivity index (χ0) is 22.3. The molecule has 0 saturated carbocycles. The van der Waals surface area contributed by atoms with Crippen LogP contribution >= 0.6 is 0 Å². The predicted molar refractivity (Wildman–Crippen MR) is 122 cm³/mol. The number of H-pyrrole nitrogens is 1. The number of piperidine rings is 1.